The Hall–Kier alpha value is -3.18. The molecule has 154 valence electrons. The molecule has 1 aliphatic rings. The topological polar surface area (TPSA) is 59.3 Å². The number of fused-ring (bicyclic) bond motifs is 2. The predicted octanol–water partition coefficient (Wildman–Crippen LogP) is 6.05. The van der Waals surface area contributed by atoms with E-state index in [1.54, 1.807) is 6.07 Å². The number of hydrogen-bond donors (Lipinski definition) is 1. The maximum Gasteiger partial charge on any atom is 0.353 e. The summed E-state index contributed by atoms with van der Waals surface area (Å²) in [6.45, 7) is 0. The third kappa shape index (κ3) is 3.29. The fourth-order valence-electron chi connectivity index (χ4n) is 4.79. The summed E-state index contributed by atoms with van der Waals surface area (Å²) in [5.74, 6) is -1.10. The van der Waals surface area contributed by atoms with Crippen LogP contribution in [0.2, 0.25) is 0 Å². The third-order valence-corrected chi connectivity index (χ3v) is 6.59. The molecule has 1 aromatic heterocycles. The molecule has 0 aliphatic heterocycles. The van der Waals surface area contributed by atoms with E-state index in [1.807, 2.05) is 60.7 Å². The number of carboxylic acid groups (broad SMARTS) is 1. The second-order valence-corrected chi connectivity index (χ2v) is 8.78. The summed E-state index contributed by atoms with van der Waals surface area (Å²) in [5, 5.41) is 11.5. The Morgan fingerprint density at radius 2 is 1.71 bits per heavy atom. The number of aromatic carboxylic acids is 1. The Kier molecular flexibility index (Phi) is 4.98. The highest BCUT2D eigenvalue weighted by Gasteiger charge is 2.30. The Labute approximate surface area is 187 Å². The van der Waals surface area contributed by atoms with Crippen LogP contribution in [-0.4, -0.2) is 15.6 Å². The van der Waals surface area contributed by atoms with Gasteiger partial charge >= 0.3 is 5.97 Å². The average molecular weight is 474 g/mol. The van der Waals surface area contributed by atoms with E-state index < -0.39 is 5.97 Å². The van der Waals surface area contributed by atoms with Gasteiger partial charge < -0.3 is 5.11 Å². The summed E-state index contributed by atoms with van der Waals surface area (Å²) in [4.78, 5) is 26.4. The van der Waals surface area contributed by atoms with Gasteiger partial charge in [-0.3, -0.25) is 9.36 Å². The number of carbonyl (C=O) groups is 1. The van der Waals surface area contributed by atoms with E-state index in [2.05, 4.69) is 22.0 Å². The van der Waals surface area contributed by atoms with Crippen molar-refractivity contribution in [3.8, 4) is 11.1 Å². The van der Waals surface area contributed by atoms with Crippen LogP contribution in [0.5, 0.6) is 0 Å². The number of halogens is 1. The summed E-state index contributed by atoms with van der Waals surface area (Å²) in [7, 11) is 0. The van der Waals surface area contributed by atoms with E-state index in [0.29, 0.717) is 16.3 Å². The zero-order valence-electron chi connectivity index (χ0n) is 16.7. The molecule has 0 saturated heterocycles. The van der Waals surface area contributed by atoms with E-state index in [1.165, 1.54) is 10.1 Å². The molecular formula is C26H20BrNO3. The van der Waals surface area contributed by atoms with Gasteiger partial charge in [-0.05, 0) is 59.5 Å². The van der Waals surface area contributed by atoms with Gasteiger partial charge in [-0.1, -0.05) is 70.5 Å². The van der Waals surface area contributed by atoms with Gasteiger partial charge in [0.25, 0.3) is 5.56 Å². The van der Waals surface area contributed by atoms with E-state index >= 15 is 0 Å². The highest BCUT2D eigenvalue weighted by molar-refractivity contribution is 9.10. The number of hydrogen-bond acceptors (Lipinski definition) is 2. The van der Waals surface area contributed by atoms with Gasteiger partial charge in [-0.25, -0.2) is 4.79 Å². The van der Waals surface area contributed by atoms with Gasteiger partial charge in [0.15, 0.2) is 0 Å². The summed E-state index contributed by atoms with van der Waals surface area (Å²) in [5.41, 5.74) is 3.35. The Morgan fingerprint density at radius 1 is 0.968 bits per heavy atom. The van der Waals surface area contributed by atoms with Gasteiger partial charge in [-0.15, -0.1) is 0 Å². The number of pyridine rings is 1. The monoisotopic (exact) mass is 473 g/mol. The van der Waals surface area contributed by atoms with Gasteiger partial charge in [0.2, 0.25) is 0 Å². The first-order chi connectivity index (χ1) is 15.1. The van der Waals surface area contributed by atoms with Crippen LogP contribution in [0.15, 0.2) is 82.1 Å². The van der Waals surface area contributed by atoms with Crippen LogP contribution < -0.4 is 5.56 Å². The lowest BCUT2D eigenvalue weighted by molar-refractivity contribution is 0.0682. The smallest absolute Gasteiger partial charge is 0.353 e. The molecule has 0 bridgehead atoms. The van der Waals surface area contributed by atoms with Crippen LogP contribution in [0, 0.1) is 0 Å². The van der Waals surface area contributed by atoms with Crippen molar-refractivity contribution in [3.63, 3.8) is 0 Å². The number of rotatable bonds is 3. The van der Waals surface area contributed by atoms with E-state index in [0.717, 1.165) is 34.9 Å². The van der Waals surface area contributed by atoms with E-state index in [4.69, 9.17) is 0 Å². The molecular weight excluding hydrogens is 454 g/mol. The van der Waals surface area contributed by atoms with Crippen LogP contribution in [0.25, 0.3) is 21.9 Å². The molecule has 0 amide bonds. The van der Waals surface area contributed by atoms with Crippen LogP contribution in [0.1, 0.15) is 40.5 Å². The summed E-state index contributed by atoms with van der Waals surface area (Å²) >= 11 is 3.49. The van der Waals surface area contributed by atoms with Crippen LogP contribution in [-0.2, 0) is 6.42 Å². The van der Waals surface area contributed by atoms with Crippen molar-refractivity contribution >= 4 is 32.7 Å². The maximum absolute atomic E-state index is 13.7. The number of carboxylic acids is 1. The predicted molar refractivity (Wildman–Crippen MR) is 126 cm³/mol. The minimum Gasteiger partial charge on any atom is -0.477 e. The second-order valence-electron chi connectivity index (χ2n) is 7.87. The average Bonchev–Trinajstić information content (AvgIpc) is 2.79. The molecule has 5 heteroatoms. The largest absolute Gasteiger partial charge is 0.477 e. The van der Waals surface area contributed by atoms with Crippen molar-refractivity contribution in [2.75, 3.05) is 0 Å². The lowest BCUT2D eigenvalue weighted by Gasteiger charge is -2.30. The lowest BCUT2D eigenvalue weighted by Crippen LogP contribution is -2.33. The second kappa shape index (κ2) is 7.82. The first-order valence-corrected chi connectivity index (χ1v) is 11.1. The molecule has 31 heavy (non-hydrogen) atoms. The molecule has 4 aromatic rings. The minimum absolute atomic E-state index is 0.0449. The van der Waals surface area contributed by atoms with Gasteiger partial charge in [0, 0.05) is 15.4 Å². The van der Waals surface area contributed by atoms with Gasteiger partial charge in [0.1, 0.15) is 5.69 Å². The zero-order valence-corrected chi connectivity index (χ0v) is 18.3. The molecule has 3 aromatic carbocycles. The molecule has 5 rings (SSSR count). The SMILES string of the molecule is O=C(O)c1c(-c2ccccc2)c2cc(Br)ccc2c(=O)n1C1CCCc2ccccc21. The molecule has 1 unspecified atom stereocenters. The normalized spacial score (nSPS) is 15.6. The van der Waals surface area contributed by atoms with Crippen molar-refractivity contribution in [3.05, 3.63) is 104 Å². The standard InChI is InChI=1S/C26H20BrNO3/c27-18-13-14-20-21(15-18)23(17-8-2-1-3-9-17)24(26(30)31)28(25(20)29)22-12-6-10-16-7-4-5-11-19(16)22/h1-5,7-9,11,13-15,22H,6,10,12H2,(H,30,31). The van der Waals surface area contributed by atoms with Gasteiger partial charge in [-0.2, -0.15) is 0 Å². The van der Waals surface area contributed by atoms with Crippen molar-refractivity contribution in [2.45, 2.75) is 25.3 Å². The minimum atomic E-state index is -1.10. The van der Waals surface area contributed by atoms with Gasteiger partial charge in [0.05, 0.1) is 6.04 Å². The molecule has 1 heterocycles. The van der Waals surface area contributed by atoms with Crippen LogP contribution >= 0.6 is 15.9 Å². The maximum atomic E-state index is 13.7. The van der Waals surface area contributed by atoms with Crippen molar-refractivity contribution in [1.29, 1.82) is 0 Å². The van der Waals surface area contributed by atoms with E-state index in [-0.39, 0.29) is 17.3 Å². The molecule has 1 atom stereocenters. The molecule has 4 nitrogen and oxygen atoms in total. The highest BCUT2D eigenvalue weighted by Crippen LogP contribution is 2.38. The highest BCUT2D eigenvalue weighted by atomic mass is 79.9. The fourth-order valence-corrected chi connectivity index (χ4v) is 5.15. The number of aryl methyl sites for hydroxylation is 1. The zero-order chi connectivity index (χ0) is 21.5. The third-order valence-electron chi connectivity index (χ3n) is 6.09. The molecule has 0 saturated carbocycles. The molecule has 1 aliphatic carbocycles. The Morgan fingerprint density at radius 3 is 2.48 bits per heavy atom. The van der Waals surface area contributed by atoms with Crippen molar-refractivity contribution in [1.82, 2.24) is 4.57 Å². The molecule has 0 radical (unpaired) electrons. The Bertz CT molecular complexity index is 1380. The van der Waals surface area contributed by atoms with E-state index in [9.17, 15) is 14.7 Å². The quantitative estimate of drug-likeness (QED) is 0.393. The number of benzene rings is 3. The summed E-state index contributed by atoms with van der Waals surface area (Å²) < 4.78 is 2.33. The number of aromatic nitrogens is 1. The first kappa shape index (κ1) is 19.8. The lowest BCUT2D eigenvalue weighted by atomic mass is 9.86. The van der Waals surface area contributed by atoms with Crippen molar-refractivity contribution in [2.24, 2.45) is 0 Å². The van der Waals surface area contributed by atoms with Crippen LogP contribution in [0.3, 0.4) is 0 Å². The summed E-state index contributed by atoms with van der Waals surface area (Å²) in [6.07, 6.45) is 2.58. The molecule has 0 fully saturated rings. The van der Waals surface area contributed by atoms with Crippen molar-refractivity contribution < 1.29 is 9.90 Å². The molecule has 1 N–H and O–H groups in total. The molecule has 0 spiro atoms. The first-order valence-electron chi connectivity index (χ1n) is 10.3. The fraction of sp³-hybridized carbons (Fsp3) is 0.154. The Balaban J connectivity index is 1.94. The van der Waals surface area contributed by atoms with Crippen LogP contribution in [0.4, 0.5) is 0 Å². The summed E-state index contributed by atoms with van der Waals surface area (Å²) in [6, 6.07) is 22.6. The number of nitrogens with zero attached hydrogens (tertiary/aromatic N) is 1.